The molecule has 5 heteroatoms. The number of ether oxygens (including phenoxy) is 2. The smallest absolute Gasteiger partial charge is 0.186 e. The average molecular weight is 246 g/mol. The highest BCUT2D eigenvalue weighted by Gasteiger charge is 2.42. The molecule has 1 aliphatic heterocycles. The third-order valence-corrected chi connectivity index (χ3v) is 2.78. The lowest BCUT2D eigenvalue weighted by Gasteiger charge is -2.38. The van der Waals surface area contributed by atoms with Gasteiger partial charge in [-0.25, -0.2) is 0 Å². The largest absolute Gasteiger partial charge is 0.388 e. The zero-order valence-electron chi connectivity index (χ0n) is 10.3. The zero-order valence-corrected chi connectivity index (χ0v) is 10.3. The molecule has 5 nitrogen and oxygen atoms in total. The summed E-state index contributed by atoms with van der Waals surface area (Å²) in [7, 11) is 0. The van der Waals surface area contributed by atoms with Gasteiger partial charge in [-0.15, -0.1) is 0 Å². The summed E-state index contributed by atoms with van der Waals surface area (Å²) in [6, 6.07) is 0. The van der Waals surface area contributed by atoms with Crippen LogP contribution in [0.4, 0.5) is 0 Å². The first-order valence-electron chi connectivity index (χ1n) is 6.04. The lowest BCUT2D eigenvalue weighted by molar-refractivity contribution is -0.292. The molecular formula is C12H22O5. The maximum absolute atomic E-state index is 9.65. The van der Waals surface area contributed by atoms with Gasteiger partial charge in [0.2, 0.25) is 0 Å². The van der Waals surface area contributed by atoms with Gasteiger partial charge < -0.3 is 24.8 Å². The van der Waals surface area contributed by atoms with Crippen molar-refractivity contribution in [3.63, 3.8) is 0 Å². The van der Waals surface area contributed by atoms with Crippen molar-refractivity contribution in [3.8, 4) is 0 Å². The van der Waals surface area contributed by atoms with E-state index in [0.717, 1.165) is 12.8 Å². The first kappa shape index (κ1) is 14.6. The first-order chi connectivity index (χ1) is 8.07. The highest BCUT2D eigenvalue weighted by Crippen LogP contribution is 2.21. The van der Waals surface area contributed by atoms with E-state index < -0.39 is 30.7 Å². The van der Waals surface area contributed by atoms with Crippen molar-refractivity contribution in [3.05, 3.63) is 12.2 Å². The number of allylic oxidation sites excluding steroid dienone is 1. The Kier molecular flexibility index (Phi) is 6.08. The Morgan fingerprint density at radius 3 is 2.47 bits per heavy atom. The summed E-state index contributed by atoms with van der Waals surface area (Å²) >= 11 is 0. The molecule has 0 saturated carbocycles. The monoisotopic (exact) mass is 246 g/mol. The lowest BCUT2D eigenvalue weighted by atomic mass is 10.0. The molecule has 0 aromatic rings. The number of rotatable bonds is 5. The summed E-state index contributed by atoms with van der Waals surface area (Å²) in [6.45, 7) is 4.09. The molecule has 5 unspecified atom stereocenters. The molecule has 100 valence electrons. The van der Waals surface area contributed by atoms with Gasteiger partial charge in [0.05, 0.1) is 12.7 Å². The molecule has 1 rings (SSSR count). The van der Waals surface area contributed by atoms with Gasteiger partial charge in [-0.05, 0) is 19.8 Å². The number of aliphatic hydroxyl groups is 3. The normalized spacial score (nSPS) is 38.8. The Balaban J connectivity index is 2.35. The van der Waals surface area contributed by atoms with Crippen molar-refractivity contribution in [1.29, 1.82) is 0 Å². The van der Waals surface area contributed by atoms with Crippen molar-refractivity contribution in [1.82, 2.24) is 0 Å². The second-order valence-corrected chi connectivity index (χ2v) is 4.22. The average Bonchev–Trinajstić information content (AvgIpc) is 2.32. The Bertz CT molecular complexity index is 243. The van der Waals surface area contributed by atoms with Crippen LogP contribution in [0.2, 0.25) is 0 Å². The minimum absolute atomic E-state index is 0.410. The van der Waals surface area contributed by atoms with Gasteiger partial charge in [0.25, 0.3) is 0 Å². The van der Waals surface area contributed by atoms with Crippen molar-refractivity contribution in [2.45, 2.75) is 57.4 Å². The summed E-state index contributed by atoms with van der Waals surface area (Å²) in [5.74, 6) is 0. The maximum Gasteiger partial charge on any atom is 0.186 e. The highest BCUT2D eigenvalue weighted by atomic mass is 16.7. The van der Waals surface area contributed by atoms with Gasteiger partial charge >= 0.3 is 0 Å². The fourth-order valence-corrected chi connectivity index (χ4v) is 1.69. The third-order valence-electron chi connectivity index (χ3n) is 2.78. The lowest BCUT2D eigenvalue weighted by Crippen LogP contribution is -2.57. The van der Waals surface area contributed by atoms with Crippen LogP contribution in [-0.2, 0) is 9.47 Å². The van der Waals surface area contributed by atoms with Crippen molar-refractivity contribution in [2.75, 3.05) is 6.61 Å². The minimum atomic E-state index is -1.23. The molecule has 17 heavy (non-hydrogen) atoms. The van der Waals surface area contributed by atoms with Crippen LogP contribution in [0.5, 0.6) is 0 Å². The molecule has 3 N–H and O–H groups in total. The van der Waals surface area contributed by atoms with Crippen LogP contribution in [0, 0.1) is 0 Å². The molecule has 5 atom stereocenters. The van der Waals surface area contributed by atoms with Gasteiger partial charge in [-0.2, -0.15) is 0 Å². The second kappa shape index (κ2) is 7.08. The Morgan fingerprint density at radius 1 is 1.12 bits per heavy atom. The quantitative estimate of drug-likeness (QED) is 0.476. The van der Waals surface area contributed by atoms with Crippen molar-refractivity contribution in [2.24, 2.45) is 0 Å². The van der Waals surface area contributed by atoms with E-state index in [2.05, 4.69) is 0 Å². The van der Waals surface area contributed by atoms with E-state index in [0.29, 0.717) is 6.61 Å². The molecule has 1 heterocycles. The number of aliphatic hydroxyl groups excluding tert-OH is 3. The first-order valence-corrected chi connectivity index (χ1v) is 6.04. The molecule has 1 fully saturated rings. The standard InChI is InChI=1S/C12H22O5/c1-3-4-5-6-7-16-12-11(15)10(14)9(13)8(2)17-12/h4-5,8-15H,3,6-7H2,1-2H3. The van der Waals surface area contributed by atoms with Crippen molar-refractivity contribution < 1.29 is 24.8 Å². The van der Waals surface area contributed by atoms with Gasteiger partial charge in [-0.1, -0.05) is 19.1 Å². The van der Waals surface area contributed by atoms with Crippen LogP contribution >= 0.6 is 0 Å². The van der Waals surface area contributed by atoms with Crippen LogP contribution in [-0.4, -0.2) is 52.6 Å². The summed E-state index contributed by atoms with van der Waals surface area (Å²) in [4.78, 5) is 0. The SMILES string of the molecule is CCC=CCCOC1OC(C)C(O)C(O)C1O. The summed E-state index contributed by atoms with van der Waals surface area (Å²) in [5.41, 5.74) is 0. The fourth-order valence-electron chi connectivity index (χ4n) is 1.69. The van der Waals surface area contributed by atoms with Crippen LogP contribution in [0.3, 0.4) is 0 Å². The summed E-state index contributed by atoms with van der Waals surface area (Å²) < 4.78 is 10.6. The molecule has 0 aromatic carbocycles. The van der Waals surface area contributed by atoms with E-state index in [1.807, 2.05) is 19.1 Å². The molecule has 1 saturated heterocycles. The third kappa shape index (κ3) is 4.04. The highest BCUT2D eigenvalue weighted by molar-refractivity contribution is 4.87. The van der Waals surface area contributed by atoms with E-state index in [-0.39, 0.29) is 0 Å². The second-order valence-electron chi connectivity index (χ2n) is 4.22. The molecular weight excluding hydrogens is 224 g/mol. The van der Waals surface area contributed by atoms with E-state index in [9.17, 15) is 15.3 Å². The Hall–Kier alpha value is -0.460. The summed E-state index contributed by atoms with van der Waals surface area (Å²) in [5, 5.41) is 28.7. The fraction of sp³-hybridized carbons (Fsp3) is 0.833. The molecule has 0 radical (unpaired) electrons. The predicted octanol–water partition coefficient (Wildman–Crippen LogP) is 0.187. The summed E-state index contributed by atoms with van der Waals surface area (Å²) in [6.07, 6.45) is 0.782. The van der Waals surface area contributed by atoms with Crippen LogP contribution in [0.1, 0.15) is 26.7 Å². The zero-order chi connectivity index (χ0) is 12.8. The molecule has 0 amide bonds. The molecule has 0 aliphatic carbocycles. The van der Waals surface area contributed by atoms with E-state index >= 15 is 0 Å². The van der Waals surface area contributed by atoms with Crippen LogP contribution < -0.4 is 0 Å². The van der Waals surface area contributed by atoms with E-state index in [1.54, 1.807) is 6.92 Å². The van der Waals surface area contributed by atoms with Crippen LogP contribution in [0.15, 0.2) is 12.2 Å². The molecule has 0 aromatic heterocycles. The molecule has 0 bridgehead atoms. The van der Waals surface area contributed by atoms with Gasteiger partial charge in [0, 0.05) is 0 Å². The van der Waals surface area contributed by atoms with Gasteiger partial charge in [0.15, 0.2) is 6.29 Å². The van der Waals surface area contributed by atoms with Crippen LogP contribution in [0.25, 0.3) is 0 Å². The predicted molar refractivity (Wildman–Crippen MR) is 62.4 cm³/mol. The van der Waals surface area contributed by atoms with Gasteiger partial charge in [0.1, 0.15) is 18.3 Å². The Labute approximate surface area is 102 Å². The minimum Gasteiger partial charge on any atom is -0.388 e. The van der Waals surface area contributed by atoms with E-state index in [4.69, 9.17) is 9.47 Å². The topological polar surface area (TPSA) is 79.2 Å². The van der Waals surface area contributed by atoms with Gasteiger partial charge in [-0.3, -0.25) is 0 Å². The molecule has 1 aliphatic rings. The number of hydrogen-bond acceptors (Lipinski definition) is 5. The van der Waals surface area contributed by atoms with E-state index in [1.165, 1.54) is 0 Å². The maximum atomic E-state index is 9.65. The molecule has 0 spiro atoms. The Morgan fingerprint density at radius 2 is 1.82 bits per heavy atom. The number of hydrogen-bond donors (Lipinski definition) is 3. The van der Waals surface area contributed by atoms with Crippen molar-refractivity contribution >= 4 is 0 Å².